The summed E-state index contributed by atoms with van der Waals surface area (Å²) < 4.78 is 5.50. The number of carboxylic acids is 1. The average molecular weight is 327 g/mol. The fourth-order valence-electron chi connectivity index (χ4n) is 2.16. The molecule has 2 rings (SSSR count). The second-order valence-corrected chi connectivity index (χ2v) is 5.71. The Balaban J connectivity index is 2.06. The molecule has 0 heterocycles. The smallest absolute Gasteiger partial charge is 0.330 e. The molecule has 0 bridgehead atoms. The van der Waals surface area contributed by atoms with Crippen molar-refractivity contribution in [1.29, 1.82) is 0 Å². The van der Waals surface area contributed by atoms with Crippen molar-refractivity contribution < 1.29 is 19.4 Å². The van der Waals surface area contributed by atoms with Crippen molar-refractivity contribution in [2.24, 2.45) is 0 Å². The first-order chi connectivity index (χ1) is 11.5. The highest BCUT2D eigenvalue weighted by molar-refractivity contribution is 5.96. The molecule has 0 aromatic heterocycles. The van der Waals surface area contributed by atoms with E-state index < -0.39 is 17.9 Å². The van der Waals surface area contributed by atoms with Crippen molar-refractivity contribution in [3.63, 3.8) is 0 Å². The van der Waals surface area contributed by atoms with Crippen LogP contribution in [0, 0.1) is 0 Å². The van der Waals surface area contributed by atoms with Crippen LogP contribution in [0.2, 0.25) is 0 Å². The van der Waals surface area contributed by atoms with Crippen molar-refractivity contribution in [3.05, 3.63) is 71.3 Å². The third-order valence-electron chi connectivity index (χ3n) is 3.45. The van der Waals surface area contributed by atoms with Gasteiger partial charge in [0.05, 0.1) is 12.7 Å². The number of hydrogen-bond acceptors (Lipinski definition) is 3. The van der Waals surface area contributed by atoms with Crippen LogP contribution in [0.15, 0.2) is 54.6 Å². The standard InChI is InChI=1S/C19H21NO4/c1-13(2)24-12-14-8-10-16(11-9-14)18(21)20-17(19(22)23)15-6-4-3-5-7-15/h3-11,13,17H,12H2,1-2H3,(H,20,21)(H,22,23)/t17-/m0/s1. The van der Waals surface area contributed by atoms with Crippen molar-refractivity contribution in [2.75, 3.05) is 0 Å². The number of amides is 1. The zero-order chi connectivity index (χ0) is 17.5. The van der Waals surface area contributed by atoms with Gasteiger partial charge in [0.25, 0.3) is 5.91 Å². The van der Waals surface area contributed by atoms with Crippen molar-refractivity contribution in [2.45, 2.75) is 32.6 Å². The van der Waals surface area contributed by atoms with Gasteiger partial charge in [-0.3, -0.25) is 4.79 Å². The number of benzene rings is 2. The minimum Gasteiger partial charge on any atom is -0.479 e. The Hall–Kier alpha value is -2.66. The van der Waals surface area contributed by atoms with Gasteiger partial charge in [-0.05, 0) is 37.1 Å². The first kappa shape index (κ1) is 17.7. The van der Waals surface area contributed by atoms with Crippen LogP contribution in [0.25, 0.3) is 0 Å². The molecular weight excluding hydrogens is 306 g/mol. The van der Waals surface area contributed by atoms with Crippen molar-refractivity contribution in [3.8, 4) is 0 Å². The molecule has 24 heavy (non-hydrogen) atoms. The summed E-state index contributed by atoms with van der Waals surface area (Å²) in [5, 5.41) is 11.9. The van der Waals surface area contributed by atoms with E-state index in [9.17, 15) is 14.7 Å². The van der Waals surface area contributed by atoms with Gasteiger partial charge in [0, 0.05) is 5.56 Å². The first-order valence-corrected chi connectivity index (χ1v) is 7.76. The molecule has 0 aliphatic rings. The van der Waals surface area contributed by atoms with Gasteiger partial charge >= 0.3 is 5.97 Å². The maximum absolute atomic E-state index is 12.3. The van der Waals surface area contributed by atoms with Crippen molar-refractivity contribution >= 4 is 11.9 Å². The summed E-state index contributed by atoms with van der Waals surface area (Å²) in [7, 11) is 0. The third-order valence-corrected chi connectivity index (χ3v) is 3.45. The minimum atomic E-state index is -1.10. The molecule has 0 aliphatic carbocycles. The summed E-state index contributed by atoms with van der Waals surface area (Å²) in [5.74, 6) is -1.53. The number of aliphatic carboxylic acids is 1. The fraction of sp³-hybridized carbons (Fsp3) is 0.263. The fourth-order valence-corrected chi connectivity index (χ4v) is 2.16. The van der Waals surface area contributed by atoms with Crippen molar-refractivity contribution in [1.82, 2.24) is 5.32 Å². The monoisotopic (exact) mass is 327 g/mol. The number of carbonyl (C=O) groups excluding carboxylic acids is 1. The Morgan fingerprint density at radius 1 is 1.04 bits per heavy atom. The summed E-state index contributed by atoms with van der Waals surface area (Å²) in [6.07, 6.45) is 0.134. The van der Waals surface area contributed by atoms with E-state index in [1.54, 1.807) is 54.6 Å². The highest BCUT2D eigenvalue weighted by Crippen LogP contribution is 2.14. The molecule has 2 aromatic carbocycles. The van der Waals surface area contributed by atoms with Gasteiger partial charge in [0.15, 0.2) is 6.04 Å². The Kier molecular flexibility index (Phi) is 6.09. The third kappa shape index (κ3) is 4.93. The quantitative estimate of drug-likeness (QED) is 0.819. The van der Waals surface area contributed by atoms with E-state index in [-0.39, 0.29) is 6.10 Å². The number of carbonyl (C=O) groups is 2. The van der Waals surface area contributed by atoms with E-state index >= 15 is 0 Å². The molecule has 2 aromatic rings. The van der Waals surface area contributed by atoms with Gasteiger partial charge in [0.1, 0.15) is 0 Å². The number of hydrogen-bond donors (Lipinski definition) is 2. The molecule has 0 unspecified atom stereocenters. The number of rotatable bonds is 7. The van der Waals surface area contributed by atoms with E-state index in [0.29, 0.717) is 17.7 Å². The lowest BCUT2D eigenvalue weighted by atomic mass is 10.1. The summed E-state index contributed by atoms with van der Waals surface area (Å²) in [4.78, 5) is 23.7. The Labute approximate surface area is 141 Å². The van der Waals surface area contributed by atoms with Crippen LogP contribution in [0.1, 0.15) is 41.4 Å². The van der Waals surface area contributed by atoms with E-state index in [2.05, 4.69) is 5.32 Å². The molecule has 0 radical (unpaired) electrons. The van der Waals surface area contributed by atoms with E-state index in [0.717, 1.165) is 5.56 Å². The van der Waals surface area contributed by atoms with Crippen LogP contribution in [0.4, 0.5) is 0 Å². The maximum atomic E-state index is 12.3. The molecule has 5 nitrogen and oxygen atoms in total. The van der Waals surface area contributed by atoms with Crippen LogP contribution in [0.3, 0.4) is 0 Å². The lowest BCUT2D eigenvalue weighted by Crippen LogP contribution is -2.33. The lowest BCUT2D eigenvalue weighted by Gasteiger charge is -2.15. The summed E-state index contributed by atoms with van der Waals surface area (Å²) in [5.41, 5.74) is 1.89. The van der Waals surface area contributed by atoms with E-state index in [4.69, 9.17) is 4.74 Å². The molecule has 0 spiro atoms. The van der Waals surface area contributed by atoms with Gasteiger partial charge in [-0.15, -0.1) is 0 Å². The second kappa shape index (κ2) is 8.26. The predicted octanol–water partition coefficient (Wildman–Crippen LogP) is 3.17. The highest BCUT2D eigenvalue weighted by atomic mass is 16.5. The summed E-state index contributed by atoms with van der Waals surface area (Å²) in [6, 6.07) is 14.5. The normalized spacial score (nSPS) is 12.0. The molecular formula is C19H21NO4. The van der Waals surface area contributed by atoms with Gasteiger partial charge in [-0.1, -0.05) is 42.5 Å². The van der Waals surface area contributed by atoms with Gasteiger partial charge in [-0.25, -0.2) is 4.79 Å². The van der Waals surface area contributed by atoms with Crippen LogP contribution in [-0.4, -0.2) is 23.1 Å². The molecule has 126 valence electrons. The van der Waals surface area contributed by atoms with Gasteiger partial charge in [0.2, 0.25) is 0 Å². The zero-order valence-electron chi connectivity index (χ0n) is 13.7. The zero-order valence-corrected chi connectivity index (χ0v) is 13.7. The van der Waals surface area contributed by atoms with Crippen LogP contribution in [0.5, 0.6) is 0 Å². The second-order valence-electron chi connectivity index (χ2n) is 5.71. The predicted molar refractivity (Wildman–Crippen MR) is 90.7 cm³/mol. The number of ether oxygens (including phenoxy) is 1. The first-order valence-electron chi connectivity index (χ1n) is 7.76. The molecule has 0 aliphatic heterocycles. The molecule has 1 atom stereocenters. The number of nitrogens with one attached hydrogen (secondary N) is 1. The molecule has 1 amide bonds. The SMILES string of the molecule is CC(C)OCc1ccc(C(=O)N[C@H](C(=O)O)c2ccccc2)cc1. The van der Waals surface area contributed by atoms with Crippen LogP contribution in [-0.2, 0) is 16.1 Å². The molecule has 0 fully saturated rings. The van der Waals surface area contributed by atoms with Crippen LogP contribution >= 0.6 is 0 Å². The Morgan fingerprint density at radius 3 is 2.21 bits per heavy atom. The lowest BCUT2D eigenvalue weighted by molar-refractivity contribution is -0.139. The minimum absolute atomic E-state index is 0.134. The van der Waals surface area contributed by atoms with Crippen LogP contribution < -0.4 is 5.32 Å². The summed E-state index contributed by atoms with van der Waals surface area (Å²) >= 11 is 0. The van der Waals surface area contributed by atoms with E-state index in [1.807, 2.05) is 13.8 Å². The van der Waals surface area contributed by atoms with E-state index in [1.165, 1.54) is 0 Å². The summed E-state index contributed by atoms with van der Waals surface area (Å²) in [6.45, 7) is 4.39. The molecule has 2 N–H and O–H groups in total. The van der Waals surface area contributed by atoms with Gasteiger partial charge in [-0.2, -0.15) is 0 Å². The Morgan fingerprint density at radius 2 is 1.67 bits per heavy atom. The molecule has 5 heteroatoms. The highest BCUT2D eigenvalue weighted by Gasteiger charge is 2.22. The largest absolute Gasteiger partial charge is 0.479 e. The Bertz CT molecular complexity index is 680. The average Bonchev–Trinajstić information content (AvgIpc) is 2.58. The molecule has 0 saturated heterocycles. The molecule has 0 saturated carbocycles. The topological polar surface area (TPSA) is 75.6 Å². The number of carboxylic acid groups (broad SMARTS) is 1. The van der Waals surface area contributed by atoms with Gasteiger partial charge < -0.3 is 15.2 Å². The maximum Gasteiger partial charge on any atom is 0.330 e.